The second kappa shape index (κ2) is 6.92. The van der Waals surface area contributed by atoms with Gasteiger partial charge in [-0.25, -0.2) is 0 Å². The summed E-state index contributed by atoms with van der Waals surface area (Å²) in [5.74, 6) is -2.05. The van der Waals surface area contributed by atoms with E-state index in [2.05, 4.69) is 5.10 Å². The summed E-state index contributed by atoms with van der Waals surface area (Å²) in [6.07, 6.45) is 0.231. The molecule has 0 fully saturated rings. The number of esters is 2. The van der Waals surface area contributed by atoms with Crippen LogP contribution in [0.3, 0.4) is 0 Å². The first kappa shape index (κ1) is 15.2. The predicted molar refractivity (Wildman–Crippen MR) is 68.4 cm³/mol. The van der Waals surface area contributed by atoms with Crippen LogP contribution in [0.5, 0.6) is 0 Å². The predicted octanol–water partition coefficient (Wildman–Crippen LogP) is 1.01. The maximum absolute atomic E-state index is 11.8. The molecule has 1 aromatic rings. The van der Waals surface area contributed by atoms with E-state index in [0.717, 1.165) is 11.4 Å². The first-order valence-electron chi connectivity index (χ1n) is 6.32. The van der Waals surface area contributed by atoms with E-state index in [9.17, 15) is 9.59 Å². The quantitative estimate of drug-likeness (QED) is 0.569. The summed E-state index contributed by atoms with van der Waals surface area (Å²) in [4.78, 5) is 23.7. The van der Waals surface area contributed by atoms with Gasteiger partial charge in [0.15, 0.2) is 5.92 Å². The van der Waals surface area contributed by atoms with Gasteiger partial charge >= 0.3 is 11.9 Å². The summed E-state index contributed by atoms with van der Waals surface area (Å²) in [7, 11) is 1.77. The van der Waals surface area contributed by atoms with Gasteiger partial charge in [0.25, 0.3) is 0 Å². The maximum atomic E-state index is 11.8. The van der Waals surface area contributed by atoms with E-state index in [1.54, 1.807) is 25.6 Å². The van der Waals surface area contributed by atoms with Crippen molar-refractivity contribution in [1.82, 2.24) is 9.78 Å². The minimum absolute atomic E-state index is 0.231. The fraction of sp³-hybridized carbons (Fsp3) is 0.615. The fourth-order valence-electron chi connectivity index (χ4n) is 1.81. The van der Waals surface area contributed by atoms with Crippen LogP contribution in [-0.4, -0.2) is 34.9 Å². The normalized spacial score (nSPS) is 10.6. The molecule has 6 nitrogen and oxygen atoms in total. The highest BCUT2D eigenvalue weighted by Gasteiger charge is 2.30. The molecule has 0 aliphatic rings. The third-order valence-corrected chi connectivity index (χ3v) is 2.65. The average Bonchev–Trinajstić information content (AvgIpc) is 2.65. The first-order valence-corrected chi connectivity index (χ1v) is 6.32. The molecule has 0 saturated heterocycles. The molecule has 6 heteroatoms. The Balaban J connectivity index is 2.87. The number of rotatable bonds is 6. The van der Waals surface area contributed by atoms with Gasteiger partial charge in [0.05, 0.1) is 18.9 Å². The zero-order valence-corrected chi connectivity index (χ0v) is 11.8. The summed E-state index contributed by atoms with van der Waals surface area (Å²) < 4.78 is 11.5. The van der Waals surface area contributed by atoms with Crippen molar-refractivity contribution in [3.05, 3.63) is 17.5 Å². The second-order valence-corrected chi connectivity index (χ2v) is 4.16. The Kier molecular flexibility index (Phi) is 5.54. The standard InChI is InChI=1S/C13H20N2O4/c1-5-18-12(16)11(13(17)19-6-2)8-10-7-9(3)14-15(10)4/h7,11H,5-6,8H2,1-4H3. The molecule has 0 unspecified atom stereocenters. The molecule has 0 atom stereocenters. The van der Waals surface area contributed by atoms with Crippen LogP contribution in [0.1, 0.15) is 25.2 Å². The molecule has 0 aliphatic heterocycles. The highest BCUT2D eigenvalue weighted by atomic mass is 16.6. The Morgan fingerprint density at radius 2 is 1.79 bits per heavy atom. The van der Waals surface area contributed by atoms with Crippen LogP contribution in [0, 0.1) is 12.8 Å². The highest BCUT2D eigenvalue weighted by molar-refractivity contribution is 5.95. The number of carbonyl (C=O) groups is 2. The molecule has 1 heterocycles. The van der Waals surface area contributed by atoms with Crippen molar-refractivity contribution in [3.8, 4) is 0 Å². The number of nitrogens with zero attached hydrogens (tertiary/aromatic N) is 2. The smallest absolute Gasteiger partial charge is 0.320 e. The second-order valence-electron chi connectivity index (χ2n) is 4.16. The summed E-state index contributed by atoms with van der Waals surface area (Å²) in [5.41, 5.74) is 1.63. The zero-order chi connectivity index (χ0) is 14.4. The maximum Gasteiger partial charge on any atom is 0.320 e. The molecule has 19 heavy (non-hydrogen) atoms. The molecule has 0 saturated carbocycles. The summed E-state index contributed by atoms with van der Waals surface area (Å²) >= 11 is 0. The Morgan fingerprint density at radius 1 is 1.26 bits per heavy atom. The lowest BCUT2D eigenvalue weighted by Crippen LogP contribution is -2.30. The van der Waals surface area contributed by atoms with Gasteiger partial charge in [-0.3, -0.25) is 14.3 Å². The van der Waals surface area contributed by atoms with Crippen molar-refractivity contribution in [2.75, 3.05) is 13.2 Å². The number of aromatic nitrogens is 2. The number of carbonyl (C=O) groups excluding carboxylic acids is 2. The summed E-state index contributed by atoms with van der Waals surface area (Å²) in [6.45, 7) is 5.73. The molecule has 1 rings (SSSR count). The Labute approximate surface area is 112 Å². The van der Waals surface area contributed by atoms with Crippen LogP contribution in [0.2, 0.25) is 0 Å². The van der Waals surface area contributed by atoms with Gasteiger partial charge in [-0.15, -0.1) is 0 Å². The van der Waals surface area contributed by atoms with Gasteiger partial charge in [-0.05, 0) is 26.8 Å². The zero-order valence-electron chi connectivity index (χ0n) is 11.8. The molecule has 0 bridgehead atoms. The molecule has 0 amide bonds. The molecule has 0 aromatic carbocycles. The topological polar surface area (TPSA) is 70.4 Å². The van der Waals surface area contributed by atoms with E-state index >= 15 is 0 Å². The number of hydrogen-bond acceptors (Lipinski definition) is 5. The lowest BCUT2D eigenvalue weighted by Gasteiger charge is -2.14. The van der Waals surface area contributed by atoms with Crippen LogP contribution < -0.4 is 0 Å². The minimum Gasteiger partial charge on any atom is -0.465 e. The van der Waals surface area contributed by atoms with Gasteiger partial charge in [0.2, 0.25) is 0 Å². The largest absolute Gasteiger partial charge is 0.465 e. The van der Waals surface area contributed by atoms with Crippen LogP contribution in [0.15, 0.2) is 6.07 Å². The number of ether oxygens (including phenoxy) is 2. The molecule has 0 radical (unpaired) electrons. The molecule has 106 valence electrons. The molecular formula is C13H20N2O4. The highest BCUT2D eigenvalue weighted by Crippen LogP contribution is 2.13. The van der Waals surface area contributed by atoms with Crippen LogP contribution in [-0.2, 0) is 32.5 Å². The van der Waals surface area contributed by atoms with Crippen molar-refractivity contribution in [2.24, 2.45) is 13.0 Å². The van der Waals surface area contributed by atoms with Crippen LogP contribution >= 0.6 is 0 Å². The van der Waals surface area contributed by atoms with Crippen molar-refractivity contribution in [3.63, 3.8) is 0 Å². The minimum atomic E-state index is -0.935. The van der Waals surface area contributed by atoms with Crippen LogP contribution in [0.25, 0.3) is 0 Å². The van der Waals surface area contributed by atoms with E-state index in [4.69, 9.17) is 9.47 Å². The lowest BCUT2D eigenvalue weighted by atomic mass is 10.0. The molecule has 1 aromatic heterocycles. The number of hydrogen-bond donors (Lipinski definition) is 0. The van der Waals surface area contributed by atoms with E-state index in [1.165, 1.54) is 0 Å². The Hall–Kier alpha value is -1.85. The van der Waals surface area contributed by atoms with E-state index in [-0.39, 0.29) is 19.6 Å². The van der Waals surface area contributed by atoms with Crippen molar-refractivity contribution < 1.29 is 19.1 Å². The Bertz CT molecular complexity index is 435. The average molecular weight is 268 g/mol. The van der Waals surface area contributed by atoms with E-state index in [0.29, 0.717) is 0 Å². The summed E-state index contributed by atoms with van der Waals surface area (Å²) in [6, 6.07) is 1.84. The lowest BCUT2D eigenvalue weighted by molar-refractivity contribution is -0.161. The molecule has 0 spiro atoms. The van der Waals surface area contributed by atoms with Gasteiger partial charge in [0, 0.05) is 19.2 Å². The molecule has 0 N–H and O–H groups in total. The van der Waals surface area contributed by atoms with Crippen molar-refractivity contribution >= 4 is 11.9 Å². The van der Waals surface area contributed by atoms with Crippen LogP contribution in [0.4, 0.5) is 0 Å². The fourth-order valence-corrected chi connectivity index (χ4v) is 1.81. The van der Waals surface area contributed by atoms with Gasteiger partial charge < -0.3 is 9.47 Å². The number of aryl methyl sites for hydroxylation is 2. The van der Waals surface area contributed by atoms with Crippen molar-refractivity contribution in [1.29, 1.82) is 0 Å². The third-order valence-electron chi connectivity index (χ3n) is 2.65. The van der Waals surface area contributed by atoms with E-state index < -0.39 is 17.9 Å². The van der Waals surface area contributed by atoms with E-state index in [1.807, 2.05) is 13.0 Å². The molecular weight excluding hydrogens is 248 g/mol. The third kappa shape index (κ3) is 4.08. The summed E-state index contributed by atoms with van der Waals surface area (Å²) in [5, 5.41) is 4.19. The van der Waals surface area contributed by atoms with Gasteiger partial charge in [0.1, 0.15) is 0 Å². The molecule has 0 aliphatic carbocycles. The Morgan fingerprint density at radius 3 is 2.16 bits per heavy atom. The van der Waals surface area contributed by atoms with Gasteiger partial charge in [-0.2, -0.15) is 5.10 Å². The first-order chi connectivity index (χ1) is 8.99. The van der Waals surface area contributed by atoms with Crippen molar-refractivity contribution in [2.45, 2.75) is 27.2 Å². The monoisotopic (exact) mass is 268 g/mol. The van der Waals surface area contributed by atoms with Gasteiger partial charge in [-0.1, -0.05) is 0 Å². The SMILES string of the molecule is CCOC(=O)C(Cc1cc(C)nn1C)C(=O)OCC.